The number of benzene rings is 2. The lowest BCUT2D eigenvalue weighted by Crippen LogP contribution is -2.48. The minimum atomic E-state index is -0.577. The van der Waals surface area contributed by atoms with Crippen LogP contribution in [0.25, 0.3) is 22.0 Å². The fourth-order valence-corrected chi connectivity index (χ4v) is 3.78. The van der Waals surface area contributed by atoms with E-state index in [-0.39, 0.29) is 11.5 Å². The number of nitrogens with one attached hydrogen (secondary N) is 1. The Balaban J connectivity index is 1.75. The summed E-state index contributed by atoms with van der Waals surface area (Å²) in [6.07, 6.45) is 0. The van der Waals surface area contributed by atoms with Crippen LogP contribution in [-0.2, 0) is 6.54 Å². The van der Waals surface area contributed by atoms with E-state index in [0.717, 1.165) is 53.8 Å². The summed E-state index contributed by atoms with van der Waals surface area (Å²) in [6, 6.07) is 14.5. The van der Waals surface area contributed by atoms with Gasteiger partial charge in [-0.2, -0.15) is 0 Å². The quantitative estimate of drug-likeness (QED) is 0.732. The highest BCUT2D eigenvalue weighted by atomic mass is 19.1. The number of fused-ring (bicyclic) bond motifs is 1. The smallest absolute Gasteiger partial charge is 0.267 e. The molecular formula is C22H23FN4O. The molecule has 0 aliphatic carbocycles. The maximum absolute atomic E-state index is 13.3. The molecule has 3 N–H and O–H groups in total. The molecule has 0 radical (unpaired) electrons. The van der Waals surface area contributed by atoms with Crippen molar-refractivity contribution in [2.75, 3.05) is 19.6 Å². The third-order valence-electron chi connectivity index (χ3n) is 5.14. The molecule has 28 heavy (non-hydrogen) atoms. The zero-order valence-corrected chi connectivity index (χ0v) is 15.8. The first kappa shape index (κ1) is 18.5. The van der Waals surface area contributed by atoms with E-state index in [9.17, 15) is 9.18 Å². The van der Waals surface area contributed by atoms with E-state index < -0.39 is 5.91 Å². The number of nitrogens with two attached hydrogens (primary N) is 1. The predicted molar refractivity (Wildman–Crippen MR) is 108 cm³/mol. The normalized spacial score (nSPS) is 17.7. The number of pyridine rings is 1. The Morgan fingerprint density at radius 3 is 2.75 bits per heavy atom. The molecule has 4 rings (SSSR count). The molecule has 1 saturated heterocycles. The van der Waals surface area contributed by atoms with Crippen LogP contribution >= 0.6 is 0 Å². The molecule has 1 amide bonds. The third-order valence-corrected chi connectivity index (χ3v) is 5.14. The van der Waals surface area contributed by atoms with Crippen molar-refractivity contribution in [3.8, 4) is 11.1 Å². The molecule has 1 aliphatic rings. The molecule has 1 aliphatic heterocycles. The van der Waals surface area contributed by atoms with Crippen molar-refractivity contribution in [3.05, 3.63) is 65.6 Å². The zero-order valence-electron chi connectivity index (χ0n) is 15.8. The van der Waals surface area contributed by atoms with Crippen LogP contribution in [0.3, 0.4) is 0 Å². The number of nitrogens with zero attached hydrogens (tertiary/aromatic N) is 2. The van der Waals surface area contributed by atoms with Crippen molar-refractivity contribution >= 4 is 16.8 Å². The minimum absolute atomic E-state index is 0.208. The van der Waals surface area contributed by atoms with E-state index in [1.54, 1.807) is 18.2 Å². The van der Waals surface area contributed by atoms with Crippen LogP contribution < -0.4 is 11.1 Å². The van der Waals surface area contributed by atoms with Crippen LogP contribution in [-0.4, -0.2) is 41.5 Å². The van der Waals surface area contributed by atoms with E-state index in [0.29, 0.717) is 6.04 Å². The summed E-state index contributed by atoms with van der Waals surface area (Å²) in [5.41, 5.74) is 9.21. The fourth-order valence-electron chi connectivity index (χ4n) is 3.78. The van der Waals surface area contributed by atoms with Gasteiger partial charge in [-0.15, -0.1) is 0 Å². The Labute approximate surface area is 163 Å². The largest absolute Gasteiger partial charge is 0.364 e. The molecule has 0 bridgehead atoms. The average Bonchev–Trinajstić information content (AvgIpc) is 2.67. The Morgan fingerprint density at radius 2 is 2.04 bits per heavy atom. The zero-order chi connectivity index (χ0) is 19.7. The lowest BCUT2D eigenvalue weighted by molar-refractivity contribution is 0.0996. The number of primary amides is 1. The van der Waals surface area contributed by atoms with Gasteiger partial charge in [-0.25, -0.2) is 9.37 Å². The molecule has 1 fully saturated rings. The van der Waals surface area contributed by atoms with Gasteiger partial charge in [0.15, 0.2) is 0 Å². The first-order valence-corrected chi connectivity index (χ1v) is 9.45. The van der Waals surface area contributed by atoms with Gasteiger partial charge >= 0.3 is 0 Å². The topological polar surface area (TPSA) is 71.2 Å². The van der Waals surface area contributed by atoms with Crippen molar-refractivity contribution in [2.24, 2.45) is 5.73 Å². The van der Waals surface area contributed by atoms with Gasteiger partial charge in [0.05, 0.1) is 5.52 Å². The van der Waals surface area contributed by atoms with Gasteiger partial charge in [-0.05, 0) is 47.9 Å². The highest BCUT2D eigenvalue weighted by molar-refractivity contribution is 6.00. The van der Waals surface area contributed by atoms with Crippen molar-refractivity contribution in [2.45, 2.75) is 19.5 Å². The number of aromatic nitrogens is 1. The Morgan fingerprint density at radius 1 is 1.25 bits per heavy atom. The second-order valence-electron chi connectivity index (χ2n) is 7.37. The molecule has 0 saturated carbocycles. The number of halogens is 1. The lowest BCUT2D eigenvalue weighted by Gasteiger charge is -2.31. The number of rotatable bonds is 4. The molecule has 1 atom stereocenters. The molecule has 2 aromatic carbocycles. The Bertz CT molecular complexity index is 1020. The first-order chi connectivity index (χ1) is 13.5. The number of piperazine rings is 1. The molecule has 2 heterocycles. The van der Waals surface area contributed by atoms with E-state index in [2.05, 4.69) is 28.2 Å². The van der Waals surface area contributed by atoms with Gasteiger partial charge in [-0.3, -0.25) is 9.69 Å². The lowest BCUT2D eigenvalue weighted by atomic mass is 9.98. The predicted octanol–water partition coefficient (Wildman–Crippen LogP) is 2.93. The second-order valence-corrected chi connectivity index (χ2v) is 7.37. The molecule has 0 spiro atoms. The van der Waals surface area contributed by atoms with Crippen LogP contribution in [0.4, 0.5) is 4.39 Å². The summed E-state index contributed by atoms with van der Waals surface area (Å²) < 4.78 is 13.3. The standard InChI is InChI=1S/C22H23FN4O/c1-14-12-27(9-8-25-14)13-15-2-7-18-19(16-3-5-17(23)6-4-16)11-21(22(24)28)26-20(18)10-15/h2-7,10-11,14,25H,8-9,12-13H2,1H3,(H2,24,28)/t14-/m0/s1. The second kappa shape index (κ2) is 7.66. The number of hydrogen-bond donors (Lipinski definition) is 2. The first-order valence-electron chi connectivity index (χ1n) is 9.45. The summed E-state index contributed by atoms with van der Waals surface area (Å²) in [7, 11) is 0. The van der Waals surface area contributed by atoms with Crippen molar-refractivity contribution in [3.63, 3.8) is 0 Å². The summed E-state index contributed by atoms with van der Waals surface area (Å²) in [5, 5.41) is 4.36. The third kappa shape index (κ3) is 3.88. The summed E-state index contributed by atoms with van der Waals surface area (Å²) in [5.74, 6) is -0.878. The van der Waals surface area contributed by atoms with Crippen molar-refractivity contribution in [1.82, 2.24) is 15.2 Å². The van der Waals surface area contributed by atoms with Crippen molar-refractivity contribution < 1.29 is 9.18 Å². The highest BCUT2D eigenvalue weighted by Crippen LogP contribution is 2.30. The van der Waals surface area contributed by atoms with Gasteiger partial charge in [-0.1, -0.05) is 24.3 Å². The number of amides is 1. The summed E-state index contributed by atoms with van der Waals surface area (Å²) in [4.78, 5) is 18.7. The Hall–Kier alpha value is -2.83. The number of carbonyl (C=O) groups excluding carboxylic acids is 1. The maximum atomic E-state index is 13.3. The molecule has 5 nitrogen and oxygen atoms in total. The van der Waals surface area contributed by atoms with Crippen LogP contribution in [0.1, 0.15) is 23.0 Å². The maximum Gasteiger partial charge on any atom is 0.267 e. The number of carbonyl (C=O) groups is 1. The van der Waals surface area contributed by atoms with Gasteiger partial charge in [0.25, 0.3) is 5.91 Å². The summed E-state index contributed by atoms with van der Waals surface area (Å²) in [6.45, 7) is 5.98. The van der Waals surface area contributed by atoms with Gasteiger partial charge in [0, 0.05) is 37.6 Å². The summed E-state index contributed by atoms with van der Waals surface area (Å²) >= 11 is 0. The fraction of sp³-hybridized carbons (Fsp3) is 0.273. The van der Waals surface area contributed by atoms with E-state index >= 15 is 0 Å². The van der Waals surface area contributed by atoms with E-state index in [1.807, 2.05) is 12.1 Å². The van der Waals surface area contributed by atoms with Gasteiger partial charge < -0.3 is 11.1 Å². The number of hydrogen-bond acceptors (Lipinski definition) is 4. The molecule has 6 heteroatoms. The van der Waals surface area contributed by atoms with Gasteiger partial charge in [0.2, 0.25) is 0 Å². The molecule has 0 unspecified atom stereocenters. The van der Waals surface area contributed by atoms with E-state index in [4.69, 9.17) is 5.73 Å². The monoisotopic (exact) mass is 378 g/mol. The van der Waals surface area contributed by atoms with Crippen molar-refractivity contribution in [1.29, 1.82) is 0 Å². The van der Waals surface area contributed by atoms with Gasteiger partial charge in [0.1, 0.15) is 11.5 Å². The Kier molecular flexibility index (Phi) is 5.07. The highest BCUT2D eigenvalue weighted by Gasteiger charge is 2.17. The van der Waals surface area contributed by atoms with Crippen LogP contribution in [0.2, 0.25) is 0 Å². The molecule has 3 aromatic rings. The molecular weight excluding hydrogens is 355 g/mol. The average molecular weight is 378 g/mol. The molecule has 1 aromatic heterocycles. The SMILES string of the molecule is C[C@H]1CN(Cc2ccc3c(-c4ccc(F)cc4)cc(C(N)=O)nc3c2)CCN1. The van der Waals surface area contributed by atoms with Crippen LogP contribution in [0, 0.1) is 5.82 Å². The van der Waals surface area contributed by atoms with Crippen LogP contribution in [0.5, 0.6) is 0 Å². The van der Waals surface area contributed by atoms with Crippen LogP contribution in [0.15, 0.2) is 48.5 Å². The van der Waals surface area contributed by atoms with E-state index in [1.165, 1.54) is 12.1 Å². The minimum Gasteiger partial charge on any atom is -0.364 e. The molecule has 144 valence electrons.